The molecule has 1 saturated heterocycles. The Bertz CT molecular complexity index is 701. The Morgan fingerprint density at radius 2 is 2.00 bits per heavy atom. The number of nitro groups is 1. The van der Waals surface area contributed by atoms with Gasteiger partial charge in [0, 0.05) is 19.2 Å². The predicted molar refractivity (Wildman–Crippen MR) is 88.1 cm³/mol. The van der Waals surface area contributed by atoms with Gasteiger partial charge in [-0.05, 0) is 39.3 Å². The summed E-state index contributed by atoms with van der Waals surface area (Å²) in [6.45, 7) is 5.77. The predicted octanol–water partition coefficient (Wildman–Crippen LogP) is 3.72. The van der Waals surface area contributed by atoms with Crippen molar-refractivity contribution in [1.29, 1.82) is 0 Å². The number of ether oxygens (including phenoxy) is 1. The summed E-state index contributed by atoms with van der Waals surface area (Å²) in [5.41, 5.74) is -2.25. The molecule has 26 heavy (non-hydrogen) atoms. The SMILES string of the molecule is CC(C)(C)OC(=O)N[C@H]1CCN(c2ccc(C(F)(F)F)cc2[N+](=O)[O-])C1. The minimum Gasteiger partial charge on any atom is -0.444 e. The molecule has 0 aliphatic carbocycles. The van der Waals surface area contributed by atoms with Crippen LogP contribution in [0.5, 0.6) is 0 Å². The molecule has 10 heteroatoms. The maximum Gasteiger partial charge on any atom is 0.416 e. The summed E-state index contributed by atoms with van der Waals surface area (Å²) < 4.78 is 43.5. The van der Waals surface area contributed by atoms with Crippen LogP contribution in [0.15, 0.2) is 18.2 Å². The summed E-state index contributed by atoms with van der Waals surface area (Å²) in [6.07, 6.45) is -4.77. The van der Waals surface area contributed by atoms with Gasteiger partial charge in [0.15, 0.2) is 0 Å². The molecule has 1 N–H and O–H groups in total. The van der Waals surface area contributed by atoms with E-state index in [1.54, 1.807) is 25.7 Å². The highest BCUT2D eigenvalue weighted by molar-refractivity contribution is 5.69. The Kier molecular flexibility index (Phi) is 5.33. The second kappa shape index (κ2) is 7.00. The van der Waals surface area contributed by atoms with Gasteiger partial charge >= 0.3 is 12.3 Å². The van der Waals surface area contributed by atoms with Crippen molar-refractivity contribution < 1.29 is 27.6 Å². The molecule has 7 nitrogen and oxygen atoms in total. The first-order valence-corrected chi connectivity index (χ1v) is 7.97. The van der Waals surface area contributed by atoms with Gasteiger partial charge in [-0.15, -0.1) is 0 Å². The van der Waals surface area contributed by atoms with E-state index in [2.05, 4.69) is 5.32 Å². The monoisotopic (exact) mass is 375 g/mol. The molecule has 0 spiro atoms. The Labute approximate surface area is 148 Å². The van der Waals surface area contributed by atoms with Gasteiger partial charge in [0.05, 0.1) is 16.5 Å². The van der Waals surface area contributed by atoms with E-state index in [0.29, 0.717) is 19.0 Å². The van der Waals surface area contributed by atoms with Crippen LogP contribution in [0.2, 0.25) is 0 Å². The fourth-order valence-corrected chi connectivity index (χ4v) is 2.68. The highest BCUT2D eigenvalue weighted by Crippen LogP contribution is 2.37. The van der Waals surface area contributed by atoms with E-state index in [0.717, 1.165) is 12.1 Å². The first-order chi connectivity index (χ1) is 11.9. The summed E-state index contributed by atoms with van der Waals surface area (Å²) in [4.78, 5) is 23.7. The normalized spacial score (nSPS) is 17.9. The van der Waals surface area contributed by atoms with Gasteiger partial charge in [-0.1, -0.05) is 0 Å². The maximum atomic E-state index is 12.8. The molecule has 1 aromatic rings. The molecule has 0 radical (unpaired) electrons. The average Bonchev–Trinajstić information content (AvgIpc) is 2.91. The van der Waals surface area contributed by atoms with Crippen LogP contribution in [0.25, 0.3) is 0 Å². The van der Waals surface area contributed by atoms with Crippen LogP contribution in [-0.4, -0.2) is 35.7 Å². The molecule has 1 amide bonds. The van der Waals surface area contributed by atoms with Crippen LogP contribution in [0.1, 0.15) is 32.8 Å². The topological polar surface area (TPSA) is 84.7 Å². The second-order valence-corrected chi connectivity index (χ2v) is 7.04. The third-order valence-electron chi connectivity index (χ3n) is 3.75. The quantitative estimate of drug-likeness (QED) is 0.643. The second-order valence-electron chi connectivity index (χ2n) is 7.04. The number of nitro benzene ring substituents is 1. The average molecular weight is 375 g/mol. The van der Waals surface area contributed by atoms with Crippen molar-refractivity contribution in [3.8, 4) is 0 Å². The van der Waals surface area contributed by atoms with Crippen molar-refractivity contribution in [1.82, 2.24) is 5.32 Å². The Hall–Kier alpha value is -2.52. The summed E-state index contributed by atoms with van der Waals surface area (Å²) in [5, 5.41) is 13.9. The van der Waals surface area contributed by atoms with Crippen LogP contribution in [-0.2, 0) is 10.9 Å². The molecule has 1 heterocycles. The van der Waals surface area contributed by atoms with E-state index in [1.807, 2.05) is 0 Å². The number of halogens is 3. The van der Waals surface area contributed by atoms with Crippen molar-refractivity contribution in [3.05, 3.63) is 33.9 Å². The maximum absolute atomic E-state index is 12.8. The Morgan fingerprint density at radius 1 is 1.35 bits per heavy atom. The summed E-state index contributed by atoms with van der Waals surface area (Å²) >= 11 is 0. The van der Waals surface area contributed by atoms with E-state index < -0.39 is 34.0 Å². The molecule has 0 unspecified atom stereocenters. The fraction of sp³-hybridized carbons (Fsp3) is 0.562. The van der Waals surface area contributed by atoms with Gasteiger partial charge in [0.1, 0.15) is 11.3 Å². The van der Waals surface area contributed by atoms with E-state index >= 15 is 0 Å². The van der Waals surface area contributed by atoms with E-state index in [-0.39, 0.29) is 18.3 Å². The molecule has 1 atom stereocenters. The molecule has 2 rings (SSSR count). The number of anilines is 1. The van der Waals surface area contributed by atoms with E-state index in [4.69, 9.17) is 4.74 Å². The lowest BCUT2D eigenvalue weighted by Crippen LogP contribution is -2.40. The molecule has 0 saturated carbocycles. The Morgan fingerprint density at radius 3 is 2.54 bits per heavy atom. The zero-order chi connectivity index (χ0) is 19.7. The van der Waals surface area contributed by atoms with Gasteiger partial charge in [-0.3, -0.25) is 10.1 Å². The van der Waals surface area contributed by atoms with Crippen LogP contribution in [0, 0.1) is 10.1 Å². The fourth-order valence-electron chi connectivity index (χ4n) is 2.68. The molecular formula is C16H20F3N3O4. The number of nitrogens with zero attached hydrogens (tertiary/aromatic N) is 2. The third-order valence-corrected chi connectivity index (χ3v) is 3.75. The number of rotatable bonds is 3. The third kappa shape index (κ3) is 4.99. The van der Waals surface area contributed by atoms with Crippen LogP contribution in [0.4, 0.5) is 29.3 Å². The Balaban J connectivity index is 2.13. The van der Waals surface area contributed by atoms with Crippen LogP contribution >= 0.6 is 0 Å². The number of amides is 1. The number of alkyl halides is 3. The van der Waals surface area contributed by atoms with Gasteiger partial charge < -0.3 is 15.0 Å². The number of nitrogens with one attached hydrogen (secondary N) is 1. The highest BCUT2D eigenvalue weighted by Gasteiger charge is 2.35. The van der Waals surface area contributed by atoms with Gasteiger partial charge in [-0.25, -0.2) is 4.79 Å². The van der Waals surface area contributed by atoms with Crippen LogP contribution < -0.4 is 10.2 Å². The van der Waals surface area contributed by atoms with Crippen molar-refractivity contribution in [2.75, 3.05) is 18.0 Å². The number of carbonyl (C=O) groups excluding carboxylic acids is 1. The lowest BCUT2D eigenvalue weighted by molar-refractivity contribution is -0.384. The van der Waals surface area contributed by atoms with Crippen molar-refractivity contribution in [3.63, 3.8) is 0 Å². The minimum absolute atomic E-state index is 0.0940. The van der Waals surface area contributed by atoms with E-state index in [9.17, 15) is 28.1 Å². The largest absolute Gasteiger partial charge is 0.444 e. The van der Waals surface area contributed by atoms with Gasteiger partial charge in [0.2, 0.25) is 0 Å². The lowest BCUT2D eigenvalue weighted by atomic mass is 10.1. The number of carbonyl (C=O) groups is 1. The molecule has 1 aromatic carbocycles. The standard InChI is InChI=1S/C16H20F3N3O4/c1-15(2,3)26-14(23)20-11-6-7-21(9-11)12-5-4-10(16(17,18)19)8-13(12)22(24)25/h4-5,8,11H,6-7,9H2,1-3H3,(H,20,23)/t11-/m0/s1. The van der Waals surface area contributed by atoms with Crippen molar-refractivity contribution in [2.24, 2.45) is 0 Å². The summed E-state index contributed by atoms with van der Waals surface area (Å²) in [7, 11) is 0. The molecular weight excluding hydrogens is 355 g/mol. The zero-order valence-corrected chi connectivity index (χ0v) is 14.6. The number of benzene rings is 1. The first-order valence-electron chi connectivity index (χ1n) is 7.97. The van der Waals surface area contributed by atoms with Crippen molar-refractivity contribution in [2.45, 2.75) is 45.0 Å². The summed E-state index contributed by atoms with van der Waals surface area (Å²) in [5.74, 6) is 0. The molecule has 0 bridgehead atoms. The minimum atomic E-state index is -4.66. The van der Waals surface area contributed by atoms with Gasteiger partial charge in [-0.2, -0.15) is 13.2 Å². The summed E-state index contributed by atoms with van der Waals surface area (Å²) in [6, 6.07) is 2.13. The number of alkyl carbamates (subject to hydrolysis) is 1. The molecule has 144 valence electrons. The highest BCUT2D eigenvalue weighted by atomic mass is 19.4. The number of hydrogen-bond donors (Lipinski definition) is 1. The zero-order valence-electron chi connectivity index (χ0n) is 14.6. The molecule has 0 aromatic heterocycles. The smallest absolute Gasteiger partial charge is 0.416 e. The van der Waals surface area contributed by atoms with Gasteiger partial charge in [0.25, 0.3) is 5.69 Å². The first kappa shape index (κ1) is 19.8. The number of hydrogen-bond acceptors (Lipinski definition) is 5. The lowest BCUT2D eigenvalue weighted by Gasteiger charge is -2.22. The van der Waals surface area contributed by atoms with E-state index in [1.165, 1.54) is 0 Å². The molecule has 1 fully saturated rings. The molecule has 1 aliphatic rings. The van der Waals surface area contributed by atoms with Crippen molar-refractivity contribution >= 4 is 17.5 Å². The van der Waals surface area contributed by atoms with Crippen LogP contribution in [0.3, 0.4) is 0 Å². The molecule has 1 aliphatic heterocycles.